The van der Waals surface area contributed by atoms with Crippen LogP contribution in [0, 0.1) is 0 Å². The molecule has 10 nitrogen and oxygen atoms in total. The summed E-state index contributed by atoms with van der Waals surface area (Å²) in [7, 11) is 0. The SMILES string of the molecule is CCNC(=O)Nc1ccccc1CNc1nc(OC2CCCNC2)nc2c(C(C)C)cnn12. The first-order valence-electron chi connectivity index (χ1n) is 11.5. The Hall–Kier alpha value is -3.40. The number of urea groups is 1. The maximum Gasteiger partial charge on any atom is 0.322 e. The molecular formula is C23H32N8O2. The van der Waals surface area contributed by atoms with Crippen molar-refractivity contribution in [3.8, 4) is 6.01 Å². The van der Waals surface area contributed by atoms with Crippen molar-refractivity contribution >= 4 is 23.3 Å². The highest BCUT2D eigenvalue weighted by Gasteiger charge is 2.20. The number of nitrogens with one attached hydrogen (secondary N) is 4. The zero-order valence-electron chi connectivity index (χ0n) is 19.4. The first kappa shape index (κ1) is 22.8. The van der Waals surface area contributed by atoms with E-state index in [0.717, 1.165) is 48.4 Å². The van der Waals surface area contributed by atoms with E-state index in [-0.39, 0.29) is 18.1 Å². The molecule has 1 fully saturated rings. The van der Waals surface area contributed by atoms with Crippen molar-refractivity contribution in [2.24, 2.45) is 0 Å². The predicted octanol–water partition coefficient (Wildman–Crippen LogP) is 3.13. The quantitative estimate of drug-likeness (QED) is 0.415. The van der Waals surface area contributed by atoms with Crippen LogP contribution in [0.4, 0.5) is 16.4 Å². The van der Waals surface area contributed by atoms with Crippen LogP contribution in [0.3, 0.4) is 0 Å². The lowest BCUT2D eigenvalue weighted by Gasteiger charge is -2.23. The van der Waals surface area contributed by atoms with Crippen LogP contribution in [0.1, 0.15) is 50.7 Å². The molecule has 1 atom stereocenters. The number of hydrogen-bond acceptors (Lipinski definition) is 7. The van der Waals surface area contributed by atoms with Gasteiger partial charge in [0.1, 0.15) is 6.10 Å². The van der Waals surface area contributed by atoms with Crippen molar-refractivity contribution in [1.82, 2.24) is 30.2 Å². The number of nitrogens with zero attached hydrogens (tertiary/aromatic N) is 4. The van der Waals surface area contributed by atoms with Gasteiger partial charge in [-0.2, -0.15) is 19.6 Å². The van der Waals surface area contributed by atoms with Crippen LogP contribution < -0.4 is 26.0 Å². The Morgan fingerprint density at radius 2 is 2.15 bits per heavy atom. The van der Waals surface area contributed by atoms with Crippen molar-refractivity contribution in [2.75, 3.05) is 30.3 Å². The first-order chi connectivity index (χ1) is 16.0. The van der Waals surface area contributed by atoms with E-state index < -0.39 is 0 Å². The van der Waals surface area contributed by atoms with Gasteiger partial charge in [-0.3, -0.25) is 0 Å². The summed E-state index contributed by atoms with van der Waals surface area (Å²) < 4.78 is 7.84. The summed E-state index contributed by atoms with van der Waals surface area (Å²) >= 11 is 0. The molecule has 2 amide bonds. The third-order valence-electron chi connectivity index (χ3n) is 5.56. The molecule has 0 radical (unpaired) electrons. The number of rotatable bonds is 8. The number of hydrogen-bond donors (Lipinski definition) is 4. The molecule has 0 aliphatic carbocycles. The summed E-state index contributed by atoms with van der Waals surface area (Å²) in [5, 5.41) is 16.9. The molecule has 1 unspecified atom stereocenters. The third-order valence-corrected chi connectivity index (χ3v) is 5.56. The number of amides is 2. The van der Waals surface area contributed by atoms with Crippen LogP contribution in [0.2, 0.25) is 0 Å². The van der Waals surface area contributed by atoms with Gasteiger partial charge in [0.05, 0.1) is 6.20 Å². The molecule has 176 valence electrons. The average Bonchev–Trinajstić information content (AvgIpc) is 3.24. The van der Waals surface area contributed by atoms with Gasteiger partial charge in [-0.15, -0.1) is 0 Å². The van der Waals surface area contributed by atoms with Crippen molar-refractivity contribution in [3.63, 3.8) is 0 Å². The number of carbonyl (C=O) groups is 1. The number of carbonyl (C=O) groups excluding carboxylic acids is 1. The Labute approximate surface area is 193 Å². The highest BCUT2D eigenvalue weighted by molar-refractivity contribution is 5.90. The van der Waals surface area contributed by atoms with Crippen LogP contribution in [0.5, 0.6) is 6.01 Å². The summed E-state index contributed by atoms with van der Waals surface area (Å²) in [6.45, 7) is 8.90. The Bertz CT molecular complexity index is 1090. The Balaban J connectivity index is 1.60. The van der Waals surface area contributed by atoms with Crippen LogP contribution in [0.15, 0.2) is 30.5 Å². The molecule has 3 heterocycles. The maximum absolute atomic E-state index is 12.0. The van der Waals surface area contributed by atoms with E-state index in [4.69, 9.17) is 4.74 Å². The topological polar surface area (TPSA) is 118 Å². The molecule has 4 N–H and O–H groups in total. The summed E-state index contributed by atoms with van der Waals surface area (Å²) in [4.78, 5) is 21.3. The maximum atomic E-state index is 12.0. The largest absolute Gasteiger partial charge is 0.459 e. The van der Waals surface area contributed by atoms with Crippen molar-refractivity contribution < 1.29 is 9.53 Å². The average molecular weight is 453 g/mol. The summed E-state index contributed by atoms with van der Waals surface area (Å²) in [5.74, 6) is 0.801. The fourth-order valence-corrected chi connectivity index (χ4v) is 3.82. The van der Waals surface area contributed by atoms with Gasteiger partial charge in [-0.1, -0.05) is 32.0 Å². The number of benzene rings is 1. The van der Waals surface area contributed by atoms with Gasteiger partial charge >= 0.3 is 12.0 Å². The second-order valence-electron chi connectivity index (χ2n) is 8.40. The molecule has 3 aromatic rings. The summed E-state index contributed by atoms with van der Waals surface area (Å²) in [5.41, 5.74) is 3.42. The molecule has 0 spiro atoms. The summed E-state index contributed by atoms with van der Waals surface area (Å²) in [6, 6.07) is 7.76. The molecule has 0 bridgehead atoms. The van der Waals surface area contributed by atoms with Crippen LogP contribution in [0.25, 0.3) is 5.65 Å². The number of anilines is 2. The highest BCUT2D eigenvalue weighted by Crippen LogP contribution is 2.24. The third kappa shape index (κ3) is 5.51. The lowest BCUT2D eigenvalue weighted by atomic mass is 10.1. The van der Waals surface area contributed by atoms with Crippen molar-refractivity contribution in [2.45, 2.75) is 52.2 Å². The van der Waals surface area contributed by atoms with Gasteiger partial charge in [0.15, 0.2) is 5.65 Å². The van der Waals surface area contributed by atoms with Crippen molar-refractivity contribution in [1.29, 1.82) is 0 Å². The molecular weight excluding hydrogens is 420 g/mol. The van der Waals surface area contributed by atoms with Gasteiger partial charge in [0.2, 0.25) is 5.95 Å². The summed E-state index contributed by atoms with van der Waals surface area (Å²) in [6.07, 6.45) is 3.91. The molecule has 1 aromatic carbocycles. The van der Waals surface area contributed by atoms with E-state index in [0.29, 0.717) is 25.0 Å². The molecule has 0 saturated carbocycles. The fourth-order valence-electron chi connectivity index (χ4n) is 3.82. The van der Waals surface area contributed by atoms with Gasteiger partial charge in [-0.05, 0) is 43.9 Å². The second-order valence-corrected chi connectivity index (χ2v) is 8.40. The minimum Gasteiger partial charge on any atom is -0.459 e. The lowest BCUT2D eigenvalue weighted by Crippen LogP contribution is -2.37. The first-order valence-corrected chi connectivity index (χ1v) is 11.5. The minimum atomic E-state index is -0.236. The molecule has 2 aromatic heterocycles. The van der Waals surface area contributed by atoms with E-state index in [9.17, 15) is 4.79 Å². The predicted molar refractivity (Wildman–Crippen MR) is 128 cm³/mol. The Morgan fingerprint density at radius 3 is 2.91 bits per heavy atom. The molecule has 1 aliphatic heterocycles. The van der Waals surface area contributed by atoms with Crippen LogP contribution >= 0.6 is 0 Å². The zero-order chi connectivity index (χ0) is 23.2. The van der Waals surface area contributed by atoms with Crippen LogP contribution in [-0.4, -0.2) is 51.4 Å². The smallest absolute Gasteiger partial charge is 0.322 e. The minimum absolute atomic E-state index is 0.0430. The number of aromatic nitrogens is 4. The van der Waals surface area contributed by atoms with E-state index in [1.807, 2.05) is 37.4 Å². The van der Waals surface area contributed by atoms with E-state index in [1.165, 1.54) is 0 Å². The molecule has 10 heteroatoms. The molecule has 1 saturated heterocycles. The van der Waals surface area contributed by atoms with E-state index in [2.05, 4.69) is 50.2 Å². The van der Waals surface area contributed by atoms with E-state index >= 15 is 0 Å². The van der Waals surface area contributed by atoms with E-state index in [1.54, 1.807) is 4.52 Å². The second kappa shape index (κ2) is 10.5. The number of fused-ring (bicyclic) bond motifs is 1. The zero-order valence-corrected chi connectivity index (χ0v) is 19.4. The highest BCUT2D eigenvalue weighted by atomic mass is 16.5. The number of para-hydroxylation sites is 1. The van der Waals surface area contributed by atoms with Gasteiger partial charge < -0.3 is 26.0 Å². The monoisotopic (exact) mass is 452 g/mol. The molecule has 33 heavy (non-hydrogen) atoms. The number of ether oxygens (including phenoxy) is 1. The lowest BCUT2D eigenvalue weighted by molar-refractivity contribution is 0.153. The standard InChI is InChI=1S/C23H32N8O2/c1-4-25-22(32)28-19-10-6-5-8-16(19)12-26-21-30-23(33-17-9-7-11-24-13-17)29-20-18(15(2)3)14-27-31(20)21/h5-6,8,10,14-15,17,24H,4,7,9,11-13H2,1-3H3,(H2,25,28,32)(H,26,29,30). The normalized spacial score (nSPS) is 16.1. The molecule has 1 aliphatic rings. The number of piperidine rings is 1. The molecule has 4 rings (SSSR count). The van der Waals surface area contributed by atoms with Gasteiger partial charge in [-0.25, -0.2) is 4.79 Å². The van der Waals surface area contributed by atoms with Crippen molar-refractivity contribution in [3.05, 3.63) is 41.6 Å². The Kier molecular flexibility index (Phi) is 7.23. The van der Waals surface area contributed by atoms with Crippen LogP contribution in [-0.2, 0) is 6.54 Å². The Morgan fingerprint density at radius 1 is 1.30 bits per heavy atom. The van der Waals surface area contributed by atoms with Gasteiger partial charge in [0.25, 0.3) is 0 Å². The fraction of sp³-hybridized carbons (Fsp3) is 0.478. The van der Waals surface area contributed by atoms with Gasteiger partial charge in [0, 0.05) is 30.9 Å².